The van der Waals surface area contributed by atoms with E-state index in [2.05, 4.69) is 0 Å². The lowest BCUT2D eigenvalue weighted by molar-refractivity contribution is -0.143. The van der Waals surface area contributed by atoms with Gasteiger partial charge in [0.1, 0.15) is 6.61 Å². The van der Waals surface area contributed by atoms with Crippen LogP contribution >= 0.6 is 0 Å². The van der Waals surface area contributed by atoms with Crippen molar-refractivity contribution in [2.24, 2.45) is 0 Å². The summed E-state index contributed by atoms with van der Waals surface area (Å²) < 4.78 is 16.3. The molecule has 0 saturated carbocycles. The van der Waals surface area contributed by atoms with Gasteiger partial charge in [0.25, 0.3) is 0 Å². The number of ether oxygens (including phenoxy) is 3. The molecule has 3 heterocycles. The van der Waals surface area contributed by atoms with E-state index in [0.29, 0.717) is 5.57 Å². The Kier molecular flexibility index (Phi) is 7.25. The fourth-order valence-electron chi connectivity index (χ4n) is 6.94. The van der Waals surface area contributed by atoms with Crippen molar-refractivity contribution in [3.8, 4) is 0 Å². The number of nitrogens with zero attached hydrogens (tertiary/aromatic N) is 2. The zero-order valence-electron chi connectivity index (χ0n) is 24.2. The number of hydrogen-bond donors (Lipinski definition) is 1. The third-order valence-electron chi connectivity index (χ3n) is 9.19. The molecule has 2 aliphatic carbocycles. The number of hydrogen-bond acceptors (Lipinski definition) is 11. The van der Waals surface area contributed by atoms with Crippen LogP contribution in [-0.4, -0.2) is 109 Å². The second-order valence-corrected chi connectivity index (χ2v) is 11.0. The summed E-state index contributed by atoms with van der Waals surface area (Å²) in [6.45, 7) is 6.29. The van der Waals surface area contributed by atoms with Crippen LogP contribution in [0.25, 0.3) is 0 Å². The molecule has 1 fully saturated rings. The van der Waals surface area contributed by atoms with Crippen molar-refractivity contribution in [3.63, 3.8) is 0 Å². The average Bonchev–Trinajstić information content (AvgIpc) is 2.95. The third kappa shape index (κ3) is 4.01. The minimum absolute atomic E-state index is 0.0521. The lowest BCUT2D eigenvalue weighted by Crippen LogP contribution is -2.73. The molecule has 5 rings (SSSR count). The lowest BCUT2D eigenvalue weighted by Gasteiger charge is -2.59. The molecule has 218 valence electrons. The first-order valence-electron chi connectivity index (χ1n) is 13.5. The maximum Gasteiger partial charge on any atom is 0.333 e. The predicted molar refractivity (Wildman–Crippen MR) is 144 cm³/mol. The Balaban J connectivity index is 1.66. The Morgan fingerprint density at radius 1 is 0.927 bits per heavy atom. The van der Waals surface area contributed by atoms with Crippen molar-refractivity contribution in [3.05, 3.63) is 56.6 Å². The van der Waals surface area contributed by atoms with E-state index in [0.717, 1.165) is 0 Å². The van der Waals surface area contributed by atoms with E-state index < -0.39 is 53.6 Å². The fraction of sp³-hybridized carbons (Fsp3) is 0.500. The zero-order valence-corrected chi connectivity index (χ0v) is 24.2. The van der Waals surface area contributed by atoms with Crippen LogP contribution in [-0.2, 0) is 38.2 Å². The molecular formula is C30H34N2O9. The largest absolute Gasteiger partial charge is 0.492 e. The van der Waals surface area contributed by atoms with E-state index >= 15 is 0 Å². The van der Waals surface area contributed by atoms with Gasteiger partial charge in [-0.1, -0.05) is 6.08 Å². The summed E-state index contributed by atoms with van der Waals surface area (Å²) in [5, 5.41) is 11.5. The standard InChI is InChI=1S/C30H34N2O9/c1-8-12(2)30(38)41-11-18-19-15(23(33)13(3)28(39-6)26(19)36)9-16-22-20-21(24(34)14(4)29(40-7)27(20)37)25(35)17(31(22)5)10-32(16)18/h8,16-18,22,25,35H,9-11H2,1-7H3/b12-8-/t16-,17-,18-,22+,25-/m0/s1. The minimum Gasteiger partial charge on any atom is -0.492 e. The molecule has 5 atom stereocenters. The Labute approximate surface area is 237 Å². The number of piperazine rings is 1. The Hall–Kier alpha value is -3.67. The van der Waals surface area contributed by atoms with Gasteiger partial charge in [0.15, 0.2) is 23.1 Å². The molecule has 0 aromatic rings. The fourth-order valence-corrected chi connectivity index (χ4v) is 6.94. The second kappa shape index (κ2) is 10.3. The molecule has 1 N–H and O–H groups in total. The lowest BCUT2D eigenvalue weighted by atomic mass is 9.68. The molecule has 0 amide bonds. The van der Waals surface area contributed by atoms with Crippen LogP contribution in [0.3, 0.4) is 0 Å². The molecule has 11 heteroatoms. The van der Waals surface area contributed by atoms with E-state index in [-0.39, 0.29) is 70.3 Å². The number of esters is 1. The number of carbonyl (C=O) groups is 5. The number of likely N-dealkylation sites (N-methyl/N-ethyl adjacent to an activating group) is 1. The Morgan fingerprint density at radius 2 is 1.51 bits per heavy atom. The number of rotatable bonds is 5. The Morgan fingerprint density at radius 3 is 2.10 bits per heavy atom. The van der Waals surface area contributed by atoms with Gasteiger partial charge in [0, 0.05) is 51.6 Å². The molecule has 0 radical (unpaired) electrons. The van der Waals surface area contributed by atoms with E-state index in [1.807, 2.05) is 9.80 Å². The van der Waals surface area contributed by atoms with Gasteiger partial charge in [-0.2, -0.15) is 0 Å². The Bertz CT molecular complexity index is 1460. The quantitative estimate of drug-likeness (QED) is 0.286. The maximum atomic E-state index is 13.8. The van der Waals surface area contributed by atoms with Gasteiger partial charge in [-0.25, -0.2) is 4.79 Å². The number of Topliss-reactive ketones (excluding diaryl/α,β-unsaturated/α-hetero) is 4. The predicted octanol–water partition coefficient (Wildman–Crippen LogP) is 0.733. The normalized spacial score (nSPS) is 30.9. The van der Waals surface area contributed by atoms with Crippen molar-refractivity contribution < 1.29 is 43.3 Å². The molecule has 41 heavy (non-hydrogen) atoms. The monoisotopic (exact) mass is 566 g/mol. The highest BCUT2D eigenvalue weighted by Crippen LogP contribution is 2.47. The van der Waals surface area contributed by atoms with E-state index in [1.54, 1.807) is 27.0 Å². The summed E-state index contributed by atoms with van der Waals surface area (Å²) in [6.07, 6.45) is 0.426. The third-order valence-corrected chi connectivity index (χ3v) is 9.19. The summed E-state index contributed by atoms with van der Waals surface area (Å²) in [6, 6.07) is -2.73. The van der Waals surface area contributed by atoms with Crippen LogP contribution in [0.5, 0.6) is 0 Å². The van der Waals surface area contributed by atoms with E-state index in [9.17, 15) is 29.1 Å². The van der Waals surface area contributed by atoms with Crippen molar-refractivity contribution in [1.29, 1.82) is 0 Å². The average molecular weight is 567 g/mol. The number of aliphatic hydroxyl groups excluding tert-OH is 1. The van der Waals surface area contributed by atoms with Gasteiger partial charge in [0.2, 0.25) is 11.6 Å². The van der Waals surface area contributed by atoms with Crippen LogP contribution in [0.4, 0.5) is 0 Å². The topological polar surface area (TPSA) is 140 Å². The van der Waals surface area contributed by atoms with Crippen LogP contribution in [0.1, 0.15) is 34.1 Å². The van der Waals surface area contributed by atoms with Gasteiger partial charge in [-0.05, 0) is 41.2 Å². The van der Waals surface area contributed by atoms with Gasteiger partial charge in [-0.15, -0.1) is 0 Å². The molecular weight excluding hydrogens is 532 g/mol. The van der Waals surface area contributed by atoms with E-state index in [4.69, 9.17) is 14.2 Å². The number of fused-ring (bicyclic) bond motifs is 5. The highest BCUT2D eigenvalue weighted by atomic mass is 16.5. The zero-order chi connectivity index (χ0) is 30.1. The van der Waals surface area contributed by atoms with Crippen LogP contribution in [0.15, 0.2) is 56.6 Å². The first-order valence-corrected chi connectivity index (χ1v) is 13.5. The molecule has 3 aliphatic heterocycles. The first kappa shape index (κ1) is 28.8. The molecule has 11 nitrogen and oxygen atoms in total. The van der Waals surface area contributed by atoms with Gasteiger partial charge in [0.05, 0.1) is 38.4 Å². The van der Waals surface area contributed by atoms with Gasteiger partial charge in [-0.3, -0.25) is 29.0 Å². The van der Waals surface area contributed by atoms with Crippen molar-refractivity contribution in [2.75, 3.05) is 34.4 Å². The first-order chi connectivity index (χ1) is 19.4. The number of carbonyl (C=O) groups excluding carboxylic acids is 5. The summed E-state index contributed by atoms with van der Waals surface area (Å²) in [5.41, 5.74) is 1.33. The van der Waals surface area contributed by atoms with Crippen molar-refractivity contribution in [2.45, 2.75) is 64.4 Å². The number of allylic oxidation sites excluding steroid dienone is 5. The van der Waals surface area contributed by atoms with E-state index in [1.165, 1.54) is 28.1 Å². The number of ketones is 4. The van der Waals surface area contributed by atoms with Crippen LogP contribution < -0.4 is 0 Å². The molecule has 0 aromatic heterocycles. The minimum atomic E-state index is -1.29. The number of aliphatic hydroxyl groups is 1. The molecule has 1 saturated heterocycles. The highest BCUT2D eigenvalue weighted by molar-refractivity contribution is 6.26. The summed E-state index contributed by atoms with van der Waals surface area (Å²) in [5.74, 6) is -2.47. The molecule has 0 unspecified atom stereocenters. The van der Waals surface area contributed by atoms with Crippen molar-refractivity contribution in [1.82, 2.24) is 9.80 Å². The second-order valence-electron chi connectivity index (χ2n) is 11.0. The molecule has 0 aromatic carbocycles. The van der Waals surface area contributed by atoms with Crippen LogP contribution in [0, 0.1) is 0 Å². The number of methoxy groups -OCH3 is 2. The summed E-state index contributed by atoms with van der Waals surface area (Å²) in [7, 11) is 4.41. The highest BCUT2D eigenvalue weighted by Gasteiger charge is 2.58. The SMILES string of the molecule is C/C=C(/C)C(=O)OC[C@H]1C2=C(C[C@H]3[C@@H]4C5=C(C(=O)C(C)=C(OC)C5=O)[C@@H](O)[C@H](CN13)N4C)C(=O)C(C)=C(OC)C2=O. The van der Waals surface area contributed by atoms with Crippen LogP contribution in [0.2, 0.25) is 0 Å². The molecule has 0 spiro atoms. The smallest absolute Gasteiger partial charge is 0.333 e. The van der Waals surface area contributed by atoms with Crippen molar-refractivity contribution >= 4 is 29.1 Å². The summed E-state index contributed by atoms with van der Waals surface area (Å²) in [4.78, 5) is 71.0. The molecule has 2 bridgehead atoms. The van der Waals surface area contributed by atoms with Gasteiger partial charge >= 0.3 is 5.97 Å². The van der Waals surface area contributed by atoms with Gasteiger partial charge < -0.3 is 19.3 Å². The maximum absolute atomic E-state index is 13.8. The molecule has 5 aliphatic rings. The summed E-state index contributed by atoms with van der Waals surface area (Å²) >= 11 is 0.